The van der Waals surface area contributed by atoms with E-state index in [-0.39, 0.29) is 11.8 Å². The SMILES string of the molecule is CCC(=O)Nc1ccc(C(=O)NNC(=O)c2ccc(C(C)C)cc2)cc1. The van der Waals surface area contributed by atoms with E-state index >= 15 is 0 Å². The summed E-state index contributed by atoms with van der Waals surface area (Å²) in [6.07, 6.45) is 0.381. The quantitative estimate of drug-likeness (QED) is 0.721. The zero-order valence-electron chi connectivity index (χ0n) is 15.1. The summed E-state index contributed by atoms with van der Waals surface area (Å²) in [5.41, 5.74) is 7.36. The zero-order chi connectivity index (χ0) is 19.1. The van der Waals surface area contributed by atoms with Gasteiger partial charge < -0.3 is 5.32 Å². The average molecular weight is 353 g/mol. The second-order valence-corrected chi connectivity index (χ2v) is 6.16. The Morgan fingerprint density at radius 1 is 0.808 bits per heavy atom. The van der Waals surface area contributed by atoms with Gasteiger partial charge in [0.1, 0.15) is 0 Å². The molecule has 0 radical (unpaired) electrons. The predicted octanol–water partition coefficient (Wildman–Crippen LogP) is 3.23. The van der Waals surface area contributed by atoms with Crippen LogP contribution in [0.4, 0.5) is 5.69 Å². The van der Waals surface area contributed by atoms with Crippen molar-refractivity contribution in [2.45, 2.75) is 33.1 Å². The van der Waals surface area contributed by atoms with Crippen LogP contribution in [0.1, 0.15) is 59.4 Å². The van der Waals surface area contributed by atoms with E-state index in [0.29, 0.717) is 29.2 Å². The summed E-state index contributed by atoms with van der Waals surface area (Å²) in [6, 6.07) is 13.7. The predicted molar refractivity (Wildman–Crippen MR) is 101 cm³/mol. The van der Waals surface area contributed by atoms with Gasteiger partial charge in [0.2, 0.25) is 5.91 Å². The van der Waals surface area contributed by atoms with Crippen LogP contribution in [0, 0.1) is 0 Å². The summed E-state index contributed by atoms with van der Waals surface area (Å²) >= 11 is 0. The number of hydrazine groups is 1. The summed E-state index contributed by atoms with van der Waals surface area (Å²) in [5, 5.41) is 2.70. The molecule has 2 aromatic carbocycles. The first-order valence-corrected chi connectivity index (χ1v) is 8.51. The topological polar surface area (TPSA) is 87.3 Å². The minimum atomic E-state index is -0.439. The Balaban J connectivity index is 1.91. The molecule has 0 bridgehead atoms. The lowest BCUT2D eigenvalue weighted by Crippen LogP contribution is -2.41. The first-order valence-electron chi connectivity index (χ1n) is 8.51. The molecule has 3 amide bonds. The molecule has 0 saturated carbocycles. The number of hydrogen-bond donors (Lipinski definition) is 3. The largest absolute Gasteiger partial charge is 0.326 e. The van der Waals surface area contributed by atoms with Crippen molar-refractivity contribution in [3.8, 4) is 0 Å². The van der Waals surface area contributed by atoms with Crippen LogP contribution in [0.3, 0.4) is 0 Å². The molecule has 0 aliphatic carbocycles. The van der Waals surface area contributed by atoms with Gasteiger partial charge in [-0.1, -0.05) is 32.9 Å². The maximum Gasteiger partial charge on any atom is 0.269 e. The molecule has 0 spiro atoms. The van der Waals surface area contributed by atoms with Gasteiger partial charge in [0.05, 0.1) is 0 Å². The highest BCUT2D eigenvalue weighted by molar-refractivity contribution is 5.99. The van der Waals surface area contributed by atoms with Crippen LogP contribution >= 0.6 is 0 Å². The number of carbonyl (C=O) groups is 3. The van der Waals surface area contributed by atoms with Crippen LogP contribution in [0.25, 0.3) is 0 Å². The van der Waals surface area contributed by atoms with Crippen LogP contribution < -0.4 is 16.2 Å². The highest BCUT2D eigenvalue weighted by atomic mass is 16.2. The molecule has 0 unspecified atom stereocenters. The third kappa shape index (κ3) is 5.17. The lowest BCUT2D eigenvalue weighted by Gasteiger charge is -2.10. The summed E-state index contributed by atoms with van der Waals surface area (Å²) < 4.78 is 0. The maximum atomic E-state index is 12.1. The fourth-order valence-corrected chi connectivity index (χ4v) is 2.23. The Hall–Kier alpha value is -3.15. The molecular weight excluding hydrogens is 330 g/mol. The van der Waals surface area contributed by atoms with E-state index in [9.17, 15) is 14.4 Å². The lowest BCUT2D eigenvalue weighted by atomic mass is 10.0. The maximum absolute atomic E-state index is 12.1. The molecule has 26 heavy (non-hydrogen) atoms. The van der Waals surface area contributed by atoms with E-state index in [2.05, 4.69) is 30.0 Å². The second kappa shape index (κ2) is 8.80. The monoisotopic (exact) mass is 353 g/mol. The third-order valence-corrected chi connectivity index (χ3v) is 3.88. The molecule has 0 aromatic heterocycles. The van der Waals surface area contributed by atoms with Crippen LogP contribution in [0.5, 0.6) is 0 Å². The van der Waals surface area contributed by atoms with Crippen LogP contribution in [0.15, 0.2) is 48.5 Å². The van der Waals surface area contributed by atoms with Crippen molar-refractivity contribution in [3.63, 3.8) is 0 Å². The standard InChI is InChI=1S/C20H23N3O3/c1-4-18(24)21-17-11-9-16(10-12-17)20(26)23-22-19(25)15-7-5-14(6-8-15)13(2)3/h5-13H,4H2,1-3H3,(H,21,24)(H,22,25)(H,23,26). The van der Waals surface area contributed by atoms with E-state index in [1.165, 1.54) is 0 Å². The van der Waals surface area contributed by atoms with Crippen molar-refractivity contribution < 1.29 is 14.4 Å². The van der Waals surface area contributed by atoms with Gasteiger partial charge in [-0.2, -0.15) is 0 Å². The smallest absolute Gasteiger partial charge is 0.269 e. The molecule has 2 rings (SSSR count). The molecule has 0 heterocycles. The first kappa shape index (κ1) is 19.2. The van der Waals surface area contributed by atoms with E-state index in [4.69, 9.17) is 0 Å². The molecule has 0 fully saturated rings. The van der Waals surface area contributed by atoms with Crippen LogP contribution in [0.2, 0.25) is 0 Å². The molecule has 2 aromatic rings. The molecule has 136 valence electrons. The summed E-state index contributed by atoms with van der Waals surface area (Å²) in [5.74, 6) is -0.541. The molecule has 6 nitrogen and oxygen atoms in total. The lowest BCUT2D eigenvalue weighted by molar-refractivity contribution is -0.115. The number of carbonyl (C=O) groups excluding carboxylic acids is 3. The van der Waals surface area contributed by atoms with Crippen LogP contribution in [-0.4, -0.2) is 17.7 Å². The van der Waals surface area contributed by atoms with E-state index in [1.807, 2.05) is 12.1 Å². The third-order valence-electron chi connectivity index (χ3n) is 3.88. The van der Waals surface area contributed by atoms with Gasteiger partial charge in [0.15, 0.2) is 0 Å². The number of nitrogens with one attached hydrogen (secondary N) is 3. The van der Waals surface area contributed by atoms with Crippen molar-refractivity contribution in [2.24, 2.45) is 0 Å². The Morgan fingerprint density at radius 3 is 1.69 bits per heavy atom. The fourth-order valence-electron chi connectivity index (χ4n) is 2.23. The Bertz CT molecular complexity index is 781. The Morgan fingerprint density at radius 2 is 1.27 bits per heavy atom. The Labute approximate surface area is 153 Å². The highest BCUT2D eigenvalue weighted by Gasteiger charge is 2.10. The molecule has 0 aliphatic heterocycles. The summed E-state index contributed by atoms with van der Waals surface area (Å²) in [4.78, 5) is 35.5. The molecule has 0 aliphatic rings. The van der Waals surface area contributed by atoms with E-state index in [0.717, 1.165) is 5.56 Å². The van der Waals surface area contributed by atoms with Crippen molar-refractivity contribution in [3.05, 3.63) is 65.2 Å². The summed E-state index contributed by atoms with van der Waals surface area (Å²) in [6.45, 7) is 5.92. The number of anilines is 1. The summed E-state index contributed by atoms with van der Waals surface area (Å²) in [7, 11) is 0. The van der Waals surface area contributed by atoms with Gasteiger partial charge >= 0.3 is 0 Å². The zero-order valence-corrected chi connectivity index (χ0v) is 15.1. The number of benzene rings is 2. The van der Waals surface area contributed by atoms with Gasteiger partial charge in [-0.3, -0.25) is 25.2 Å². The number of amides is 3. The molecular formula is C20H23N3O3. The first-order chi connectivity index (χ1) is 12.4. The van der Waals surface area contributed by atoms with Crippen molar-refractivity contribution in [1.29, 1.82) is 0 Å². The van der Waals surface area contributed by atoms with Gasteiger partial charge in [-0.25, -0.2) is 0 Å². The van der Waals surface area contributed by atoms with Crippen LogP contribution in [-0.2, 0) is 4.79 Å². The highest BCUT2D eigenvalue weighted by Crippen LogP contribution is 2.14. The van der Waals surface area contributed by atoms with E-state index in [1.54, 1.807) is 43.3 Å². The van der Waals surface area contributed by atoms with Gasteiger partial charge in [-0.05, 0) is 47.9 Å². The fraction of sp³-hybridized carbons (Fsp3) is 0.250. The van der Waals surface area contributed by atoms with Gasteiger partial charge in [0, 0.05) is 23.2 Å². The Kier molecular flexibility index (Phi) is 6.49. The molecule has 6 heteroatoms. The number of rotatable bonds is 5. The van der Waals surface area contributed by atoms with Crippen molar-refractivity contribution >= 4 is 23.4 Å². The number of hydrogen-bond acceptors (Lipinski definition) is 3. The van der Waals surface area contributed by atoms with E-state index < -0.39 is 5.91 Å². The molecule has 0 atom stereocenters. The molecule has 3 N–H and O–H groups in total. The normalized spacial score (nSPS) is 10.3. The van der Waals surface area contributed by atoms with Gasteiger partial charge in [0.25, 0.3) is 11.8 Å². The minimum Gasteiger partial charge on any atom is -0.326 e. The molecule has 0 saturated heterocycles. The average Bonchev–Trinajstić information content (AvgIpc) is 2.66. The van der Waals surface area contributed by atoms with Crippen molar-refractivity contribution in [1.82, 2.24) is 10.9 Å². The van der Waals surface area contributed by atoms with Gasteiger partial charge in [-0.15, -0.1) is 0 Å². The van der Waals surface area contributed by atoms with Crippen molar-refractivity contribution in [2.75, 3.05) is 5.32 Å². The minimum absolute atomic E-state index is 0.0991. The second-order valence-electron chi connectivity index (χ2n) is 6.16.